The van der Waals surface area contributed by atoms with Crippen molar-refractivity contribution in [1.82, 2.24) is 4.90 Å². The molecule has 0 spiro atoms. The summed E-state index contributed by atoms with van der Waals surface area (Å²) in [6.45, 7) is -0.923. The summed E-state index contributed by atoms with van der Waals surface area (Å²) in [5.74, 6) is -2.04. The van der Waals surface area contributed by atoms with E-state index < -0.39 is 37.6 Å². The molecule has 19 heavy (non-hydrogen) atoms. The number of hydrogen-bond donors (Lipinski definition) is 1. The van der Waals surface area contributed by atoms with E-state index in [1.165, 1.54) is 12.1 Å². The maximum Gasteiger partial charge on any atom is 0.401 e. The van der Waals surface area contributed by atoms with Crippen molar-refractivity contribution in [1.29, 1.82) is 0 Å². The molecule has 1 rings (SSSR count). The van der Waals surface area contributed by atoms with Gasteiger partial charge in [0.2, 0.25) is 0 Å². The highest BCUT2D eigenvalue weighted by molar-refractivity contribution is 5.69. The van der Waals surface area contributed by atoms with Gasteiger partial charge in [0, 0.05) is 12.1 Å². The zero-order chi connectivity index (χ0) is 14.6. The molecule has 0 aliphatic carbocycles. The maximum absolute atomic E-state index is 13.4. The second-order valence-electron chi connectivity index (χ2n) is 4.25. The standard InChI is InChI=1S/C12H13F4NO2/c1-8-2-3-10(13)9(4-8)5-17(6-11(18)19)7-12(14,15)16/h2-4H,5-7H2,1H3,(H,18,19). The molecule has 0 unspecified atom stereocenters. The van der Waals surface area contributed by atoms with Crippen LogP contribution >= 0.6 is 0 Å². The molecule has 0 saturated heterocycles. The van der Waals surface area contributed by atoms with Gasteiger partial charge < -0.3 is 5.11 Å². The number of nitrogens with zero attached hydrogens (tertiary/aromatic N) is 1. The Morgan fingerprint density at radius 3 is 2.53 bits per heavy atom. The number of carbonyl (C=O) groups is 1. The number of aryl methyl sites for hydroxylation is 1. The molecule has 3 nitrogen and oxygen atoms in total. The van der Waals surface area contributed by atoms with E-state index in [2.05, 4.69) is 0 Å². The zero-order valence-corrected chi connectivity index (χ0v) is 10.2. The molecule has 0 amide bonds. The molecule has 0 fully saturated rings. The van der Waals surface area contributed by atoms with E-state index >= 15 is 0 Å². The van der Waals surface area contributed by atoms with Crippen LogP contribution < -0.4 is 0 Å². The summed E-state index contributed by atoms with van der Waals surface area (Å²) >= 11 is 0. The predicted octanol–water partition coefficient (Wildman–Crippen LogP) is 2.58. The van der Waals surface area contributed by atoms with Crippen molar-refractivity contribution in [3.05, 3.63) is 35.1 Å². The Morgan fingerprint density at radius 2 is 2.00 bits per heavy atom. The van der Waals surface area contributed by atoms with Crippen LogP contribution in [0.5, 0.6) is 0 Å². The summed E-state index contributed by atoms with van der Waals surface area (Å²) in [4.78, 5) is 11.2. The zero-order valence-electron chi connectivity index (χ0n) is 10.2. The van der Waals surface area contributed by atoms with Crippen molar-refractivity contribution < 1.29 is 27.5 Å². The van der Waals surface area contributed by atoms with Crippen molar-refractivity contribution in [3.63, 3.8) is 0 Å². The van der Waals surface area contributed by atoms with E-state index in [1.54, 1.807) is 6.92 Å². The predicted molar refractivity (Wildman–Crippen MR) is 60.1 cm³/mol. The highest BCUT2D eigenvalue weighted by Crippen LogP contribution is 2.19. The topological polar surface area (TPSA) is 40.5 Å². The molecule has 0 aliphatic rings. The van der Waals surface area contributed by atoms with Gasteiger partial charge in [-0.05, 0) is 13.0 Å². The summed E-state index contributed by atoms with van der Waals surface area (Å²) in [7, 11) is 0. The molecular weight excluding hydrogens is 266 g/mol. The van der Waals surface area contributed by atoms with Crippen LogP contribution in [-0.4, -0.2) is 35.2 Å². The van der Waals surface area contributed by atoms with Gasteiger partial charge in [0.25, 0.3) is 0 Å². The lowest BCUT2D eigenvalue weighted by atomic mass is 10.1. The first kappa shape index (κ1) is 15.4. The Kier molecular flexibility index (Phi) is 4.88. The third-order valence-corrected chi connectivity index (χ3v) is 2.36. The van der Waals surface area contributed by atoms with Crippen LogP contribution in [0.3, 0.4) is 0 Å². The molecule has 106 valence electrons. The normalized spacial score (nSPS) is 11.9. The third-order valence-electron chi connectivity index (χ3n) is 2.36. The summed E-state index contributed by atoms with van der Waals surface area (Å²) in [6, 6.07) is 4.04. The summed E-state index contributed by atoms with van der Waals surface area (Å²) in [5.41, 5.74) is 0.740. The number of carboxylic acid groups (broad SMARTS) is 1. The number of carboxylic acids is 1. The average molecular weight is 279 g/mol. The van der Waals surface area contributed by atoms with E-state index in [0.717, 1.165) is 6.07 Å². The van der Waals surface area contributed by atoms with Gasteiger partial charge in [-0.1, -0.05) is 17.7 Å². The lowest BCUT2D eigenvalue weighted by Crippen LogP contribution is -2.37. The Bertz CT molecular complexity index is 460. The van der Waals surface area contributed by atoms with Gasteiger partial charge in [0.1, 0.15) is 5.82 Å². The minimum Gasteiger partial charge on any atom is -0.480 e. The molecule has 0 heterocycles. The van der Waals surface area contributed by atoms with E-state index in [0.29, 0.717) is 10.5 Å². The fraction of sp³-hybridized carbons (Fsp3) is 0.417. The van der Waals surface area contributed by atoms with Crippen molar-refractivity contribution >= 4 is 5.97 Å². The Balaban J connectivity index is 2.87. The molecule has 1 aromatic rings. The molecule has 1 N–H and O–H groups in total. The van der Waals surface area contributed by atoms with Crippen LogP contribution in [0.15, 0.2) is 18.2 Å². The highest BCUT2D eigenvalue weighted by atomic mass is 19.4. The summed E-state index contributed by atoms with van der Waals surface area (Å²) in [5, 5.41) is 8.58. The van der Waals surface area contributed by atoms with Gasteiger partial charge in [-0.3, -0.25) is 9.69 Å². The van der Waals surface area contributed by atoms with Crippen LogP contribution in [0.4, 0.5) is 17.6 Å². The second-order valence-corrected chi connectivity index (χ2v) is 4.25. The minimum absolute atomic E-state index is 0.0468. The van der Waals surface area contributed by atoms with Crippen molar-refractivity contribution in [3.8, 4) is 0 Å². The fourth-order valence-electron chi connectivity index (χ4n) is 1.68. The summed E-state index contributed by atoms with van der Waals surface area (Å²) in [6.07, 6.45) is -4.53. The average Bonchev–Trinajstić information content (AvgIpc) is 2.20. The number of halogens is 4. The van der Waals surface area contributed by atoms with E-state index in [4.69, 9.17) is 5.11 Å². The Morgan fingerprint density at radius 1 is 1.37 bits per heavy atom. The van der Waals surface area contributed by atoms with E-state index in [-0.39, 0.29) is 5.56 Å². The van der Waals surface area contributed by atoms with E-state index in [9.17, 15) is 22.4 Å². The number of hydrogen-bond acceptors (Lipinski definition) is 2. The van der Waals surface area contributed by atoms with Crippen LogP contribution in [0.1, 0.15) is 11.1 Å². The molecule has 0 aliphatic heterocycles. The lowest BCUT2D eigenvalue weighted by Gasteiger charge is -2.22. The summed E-state index contributed by atoms with van der Waals surface area (Å²) < 4.78 is 50.4. The lowest BCUT2D eigenvalue weighted by molar-refractivity contribution is -0.154. The number of alkyl halides is 3. The van der Waals surface area contributed by atoms with Gasteiger partial charge >= 0.3 is 12.1 Å². The monoisotopic (exact) mass is 279 g/mol. The first-order chi connectivity index (χ1) is 8.67. The van der Waals surface area contributed by atoms with E-state index in [1.807, 2.05) is 0 Å². The number of rotatable bonds is 5. The number of benzene rings is 1. The highest BCUT2D eigenvalue weighted by Gasteiger charge is 2.31. The molecule has 0 atom stereocenters. The SMILES string of the molecule is Cc1ccc(F)c(CN(CC(=O)O)CC(F)(F)F)c1. The molecular formula is C12H13F4NO2. The van der Waals surface area contributed by atoms with Crippen LogP contribution in [0, 0.1) is 12.7 Å². The quantitative estimate of drug-likeness (QED) is 0.842. The molecule has 1 aromatic carbocycles. The third kappa shape index (κ3) is 5.69. The van der Waals surface area contributed by atoms with Crippen LogP contribution in [-0.2, 0) is 11.3 Å². The fourth-order valence-corrected chi connectivity index (χ4v) is 1.68. The van der Waals surface area contributed by atoms with Gasteiger partial charge in [-0.25, -0.2) is 4.39 Å². The van der Waals surface area contributed by atoms with Gasteiger partial charge in [-0.2, -0.15) is 13.2 Å². The van der Waals surface area contributed by atoms with Crippen LogP contribution in [0.25, 0.3) is 0 Å². The van der Waals surface area contributed by atoms with Crippen molar-refractivity contribution in [2.24, 2.45) is 0 Å². The van der Waals surface area contributed by atoms with Crippen molar-refractivity contribution in [2.75, 3.05) is 13.1 Å². The second kappa shape index (κ2) is 6.01. The molecule has 0 radical (unpaired) electrons. The maximum atomic E-state index is 13.4. The molecule has 0 bridgehead atoms. The Labute approximate surface area is 107 Å². The van der Waals surface area contributed by atoms with Gasteiger partial charge in [-0.15, -0.1) is 0 Å². The van der Waals surface area contributed by atoms with Crippen molar-refractivity contribution in [2.45, 2.75) is 19.6 Å². The largest absolute Gasteiger partial charge is 0.480 e. The minimum atomic E-state index is -4.53. The van der Waals surface area contributed by atoms with Gasteiger partial charge in [0.05, 0.1) is 13.1 Å². The smallest absolute Gasteiger partial charge is 0.401 e. The Hall–Kier alpha value is -1.63. The van der Waals surface area contributed by atoms with Gasteiger partial charge in [0.15, 0.2) is 0 Å². The first-order valence-corrected chi connectivity index (χ1v) is 5.43. The first-order valence-electron chi connectivity index (χ1n) is 5.43. The molecule has 0 aromatic heterocycles. The van der Waals surface area contributed by atoms with Crippen LogP contribution in [0.2, 0.25) is 0 Å². The number of aliphatic carboxylic acids is 1. The molecule has 7 heteroatoms. The molecule has 0 saturated carbocycles.